The topological polar surface area (TPSA) is 87.7 Å². The van der Waals surface area contributed by atoms with Crippen molar-refractivity contribution >= 4 is 12.0 Å². The summed E-state index contributed by atoms with van der Waals surface area (Å²) in [7, 11) is 1.07. The van der Waals surface area contributed by atoms with Crippen molar-refractivity contribution in [2.75, 3.05) is 20.2 Å². The average molecular weight is 276 g/mol. The zero-order valence-corrected chi connectivity index (χ0v) is 9.25. The highest BCUT2D eigenvalue weighted by Gasteiger charge is 2.40. The molecule has 1 unspecified atom stereocenters. The number of amides is 2. The highest BCUT2D eigenvalue weighted by molar-refractivity contribution is 5.76. The maximum atomic E-state index is 12.4. The summed E-state index contributed by atoms with van der Waals surface area (Å²) in [5, 5.41) is 11.9. The number of aliphatic carboxylic acids is 1. The van der Waals surface area contributed by atoms with Gasteiger partial charge in [-0.05, 0) is 0 Å². The van der Waals surface area contributed by atoms with Crippen LogP contribution < -0.4 is 10.6 Å². The zero-order valence-electron chi connectivity index (χ0n) is 9.25. The number of carboxylic acid groups (broad SMARTS) is 1. The molecular weight excluding hydrogens is 264 g/mol. The first kappa shape index (κ1) is 16.4. The van der Waals surface area contributed by atoms with Crippen molar-refractivity contribution in [3.8, 4) is 0 Å². The molecule has 2 amide bonds. The first-order valence-corrected chi connectivity index (χ1v) is 4.64. The molecule has 0 radical (unpaired) electrons. The first-order chi connectivity index (χ1) is 8.20. The molecule has 0 rings (SSSR count). The summed E-state index contributed by atoms with van der Waals surface area (Å²) >= 11 is 0. The van der Waals surface area contributed by atoms with E-state index in [9.17, 15) is 27.2 Å². The van der Waals surface area contributed by atoms with E-state index in [-0.39, 0.29) is 0 Å². The molecule has 0 spiro atoms. The van der Waals surface area contributed by atoms with E-state index < -0.39 is 43.5 Å². The van der Waals surface area contributed by atoms with Crippen molar-refractivity contribution in [3.63, 3.8) is 0 Å². The molecule has 0 aromatic heterocycles. The molecule has 10 heteroatoms. The Morgan fingerprint density at radius 1 is 1.33 bits per heavy atom. The van der Waals surface area contributed by atoms with Crippen molar-refractivity contribution in [3.05, 3.63) is 0 Å². The van der Waals surface area contributed by atoms with E-state index >= 15 is 0 Å². The van der Waals surface area contributed by atoms with E-state index in [2.05, 4.69) is 4.74 Å². The van der Waals surface area contributed by atoms with Crippen LogP contribution in [0, 0.1) is 0 Å². The number of carboxylic acids is 1. The van der Waals surface area contributed by atoms with E-state index in [1.807, 2.05) is 5.32 Å². The number of hydrogen-bond donors (Lipinski definition) is 3. The number of hydrogen-bond acceptors (Lipinski definition) is 3. The predicted molar refractivity (Wildman–Crippen MR) is 50.8 cm³/mol. The van der Waals surface area contributed by atoms with E-state index in [1.165, 1.54) is 5.32 Å². The van der Waals surface area contributed by atoms with E-state index in [4.69, 9.17) is 5.11 Å². The minimum atomic E-state index is -4.34. The van der Waals surface area contributed by atoms with Crippen molar-refractivity contribution in [1.29, 1.82) is 0 Å². The second-order valence-corrected chi connectivity index (χ2v) is 3.19. The molecule has 0 fully saturated rings. The molecule has 18 heavy (non-hydrogen) atoms. The summed E-state index contributed by atoms with van der Waals surface area (Å²) < 4.78 is 52.6. The van der Waals surface area contributed by atoms with Crippen molar-refractivity contribution in [1.82, 2.24) is 10.6 Å². The summed E-state index contributed by atoms with van der Waals surface area (Å²) in [6.45, 7) is -2.04. The molecule has 3 N–H and O–H groups in total. The third-order valence-corrected chi connectivity index (χ3v) is 1.81. The summed E-state index contributed by atoms with van der Waals surface area (Å²) in [5.74, 6) is -5.71. The molecule has 0 saturated heterocycles. The molecule has 1 atom stereocenters. The summed E-state index contributed by atoms with van der Waals surface area (Å²) in [6.07, 6.45) is -5.25. The molecule has 106 valence electrons. The largest absolute Gasteiger partial charge is 0.479 e. The van der Waals surface area contributed by atoms with Gasteiger partial charge in [-0.1, -0.05) is 0 Å². The fraction of sp³-hybridized carbons (Fsp3) is 0.750. The van der Waals surface area contributed by atoms with Crippen LogP contribution in [0.2, 0.25) is 0 Å². The van der Waals surface area contributed by atoms with Gasteiger partial charge in [0.1, 0.15) is 0 Å². The average Bonchev–Trinajstić information content (AvgIpc) is 2.26. The number of carbonyl (C=O) groups excluding carboxylic acids is 1. The number of ether oxygens (including phenoxy) is 1. The van der Waals surface area contributed by atoms with Gasteiger partial charge in [-0.25, -0.2) is 18.4 Å². The van der Waals surface area contributed by atoms with Crippen molar-refractivity contribution < 1.29 is 37.0 Å². The van der Waals surface area contributed by atoms with Gasteiger partial charge in [-0.2, -0.15) is 8.78 Å². The van der Waals surface area contributed by atoms with Gasteiger partial charge in [0.15, 0.2) is 6.10 Å². The lowest BCUT2D eigenvalue weighted by molar-refractivity contribution is -0.148. The fourth-order valence-electron chi connectivity index (χ4n) is 0.795. The lowest BCUT2D eigenvalue weighted by Crippen LogP contribution is -2.47. The Balaban J connectivity index is 4.03. The first-order valence-electron chi connectivity index (χ1n) is 4.64. The Morgan fingerprint density at radius 3 is 2.28 bits per heavy atom. The van der Waals surface area contributed by atoms with Crippen molar-refractivity contribution in [2.24, 2.45) is 0 Å². The van der Waals surface area contributed by atoms with Crippen LogP contribution in [0.25, 0.3) is 0 Å². The molecule has 0 aliphatic carbocycles. The molecule has 0 heterocycles. The molecule has 0 aromatic carbocycles. The lowest BCUT2D eigenvalue weighted by Gasteiger charge is -2.17. The van der Waals surface area contributed by atoms with Gasteiger partial charge in [0.2, 0.25) is 0 Å². The number of halogens is 4. The SMILES string of the molecule is COC(CNC(=O)NCC(F)(F)C(F)F)C(=O)O. The maximum absolute atomic E-state index is 12.4. The summed E-state index contributed by atoms with van der Waals surface area (Å²) in [5.41, 5.74) is 0. The van der Waals surface area contributed by atoms with Gasteiger partial charge in [0.05, 0.1) is 13.1 Å². The van der Waals surface area contributed by atoms with Gasteiger partial charge < -0.3 is 20.5 Å². The van der Waals surface area contributed by atoms with E-state index in [0.717, 1.165) is 7.11 Å². The highest BCUT2D eigenvalue weighted by Crippen LogP contribution is 2.21. The number of rotatable bonds is 7. The van der Waals surface area contributed by atoms with Crippen LogP contribution in [0.1, 0.15) is 0 Å². The van der Waals surface area contributed by atoms with E-state index in [1.54, 1.807) is 0 Å². The van der Waals surface area contributed by atoms with Crippen LogP contribution >= 0.6 is 0 Å². The van der Waals surface area contributed by atoms with Gasteiger partial charge >= 0.3 is 24.3 Å². The summed E-state index contributed by atoms with van der Waals surface area (Å²) in [6, 6.07) is -1.20. The highest BCUT2D eigenvalue weighted by atomic mass is 19.3. The number of urea groups is 1. The normalized spacial score (nSPS) is 13.2. The Kier molecular flexibility index (Phi) is 6.37. The molecule has 0 aliphatic heterocycles. The second kappa shape index (κ2) is 6.99. The quantitative estimate of drug-likeness (QED) is 0.583. The van der Waals surface area contributed by atoms with Crippen LogP contribution in [-0.4, -0.2) is 55.8 Å². The minimum absolute atomic E-state index is 0.488. The number of methoxy groups -OCH3 is 1. The van der Waals surface area contributed by atoms with Crippen LogP contribution in [0.3, 0.4) is 0 Å². The monoisotopic (exact) mass is 276 g/mol. The third-order valence-electron chi connectivity index (χ3n) is 1.81. The maximum Gasteiger partial charge on any atom is 0.334 e. The standard InChI is InChI=1S/C8H12F4N2O4/c1-18-4(5(15)16)2-13-7(17)14-3-8(11,12)6(9)10/h4,6H,2-3H2,1H3,(H,15,16)(H2,13,14,17). The predicted octanol–water partition coefficient (Wildman–Crippen LogP) is 0.286. The molecule has 0 saturated carbocycles. The van der Waals surface area contributed by atoms with Gasteiger partial charge in [-0.3, -0.25) is 0 Å². The number of carbonyl (C=O) groups is 2. The Bertz CT molecular complexity index is 301. The van der Waals surface area contributed by atoms with Crippen LogP contribution in [0.15, 0.2) is 0 Å². The molecule has 0 aromatic rings. The Labute approximate surface area is 99.3 Å². The van der Waals surface area contributed by atoms with Crippen LogP contribution in [0.5, 0.6) is 0 Å². The Morgan fingerprint density at radius 2 is 1.89 bits per heavy atom. The molecule has 0 bridgehead atoms. The molecule has 0 aliphatic rings. The smallest absolute Gasteiger partial charge is 0.334 e. The molecular formula is C8H12F4N2O4. The lowest BCUT2D eigenvalue weighted by atomic mass is 10.3. The van der Waals surface area contributed by atoms with Crippen LogP contribution in [0.4, 0.5) is 22.4 Å². The van der Waals surface area contributed by atoms with Gasteiger partial charge in [0, 0.05) is 7.11 Å². The van der Waals surface area contributed by atoms with Gasteiger partial charge in [-0.15, -0.1) is 0 Å². The van der Waals surface area contributed by atoms with Crippen molar-refractivity contribution in [2.45, 2.75) is 18.5 Å². The summed E-state index contributed by atoms with van der Waals surface area (Å²) in [4.78, 5) is 21.3. The van der Waals surface area contributed by atoms with Gasteiger partial charge in [0.25, 0.3) is 0 Å². The Hall–Kier alpha value is -1.58. The third kappa shape index (κ3) is 5.66. The number of alkyl halides is 4. The van der Waals surface area contributed by atoms with E-state index in [0.29, 0.717) is 0 Å². The fourth-order valence-corrected chi connectivity index (χ4v) is 0.795. The number of nitrogens with one attached hydrogen (secondary N) is 2. The second-order valence-electron chi connectivity index (χ2n) is 3.19. The zero-order chi connectivity index (χ0) is 14.3. The molecule has 6 nitrogen and oxygen atoms in total. The minimum Gasteiger partial charge on any atom is -0.479 e. The van der Waals surface area contributed by atoms with Crippen LogP contribution in [-0.2, 0) is 9.53 Å².